The molecule has 2 N–H and O–H groups in total. The van der Waals surface area contributed by atoms with Gasteiger partial charge in [-0.2, -0.15) is 8.78 Å². The van der Waals surface area contributed by atoms with Gasteiger partial charge in [-0.15, -0.1) is 0 Å². The van der Waals surface area contributed by atoms with Crippen molar-refractivity contribution >= 4 is 5.82 Å². The molecule has 2 rings (SSSR count). The van der Waals surface area contributed by atoms with Gasteiger partial charge in [-0.05, 0) is 24.3 Å². The topological polar surface area (TPSA) is 48.1 Å². The van der Waals surface area contributed by atoms with Crippen molar-refractivity contribution in [2.75, 3.05) is 5.73 Å². The lowest BCUT2D eigenvalue weighted by Gasteiger charge is -2.19. The third kappa shape index (κ3) is 2.49. The maximum absolute atomic E-state index is 13.8. The third-order valence-corrected chi connectivity index (χ3v) is 2.39. The van der Waals surface area contributed by atoms with Gasteiger partial charge in [0.2, 0.25) is 0 Å². The molecule has 1 heterocycles. The molecule has 106 valence electrons. The monoisotopic (exact) mass is 290 g/mol. The number of hydrogen-bond donors (Lipinski definition) is 1. The van der Waals surface area contributed by atoms with E-state index in [1.165, 1.54) is 12.3 Å². The van der Waals surface area contributed by atoms with Crippen LogP contribution in [0.15, 0.2) is 30.5 Å². The zero-order valence-electron chi connectivity index (χ0n) is 9.71. The van der Waals surface area contributed by atoms with Crippen molar-refractivity contribution in [2.45, 2.75) is 6.11 Å². The molecule has 0 saturated heterocycles. The Hall–Kier alpha value is -2.38. The largest absolute Gasteiger partial charge is 0.429 e. The lowest BCUT2D eigenvalue weighted by Crippen LogP contribution is -2.25. The highest BCUT2D eigenvalue weighted by molar-refractivity contribution is 5.45. The first-order valence-electron chi connectivity index (χ1n) is 5.24. The summed E-state index contributed by atoms with van der Waals surface area (Å²) in [6.07, 6.45) is -3.01. The van der Waals surface area contributed by atoms with Gasteiger partial charge >= 0.3 is 6.11 Å². The number of anilines is 1. The fraction of sp³-hybridized carbons (Fsp3) is 0.0833. The fourth-order valence-electron chi connectivity index (χ4n) is 1.43. The van der Waals surface area contributed by atoms with E-state index in [0.29, 0.717) is 12.1 Å². The molecule has 0 aliphatic rings. The Morgan fingerprint density at radius 2 is 1.75 bits per heavy atom. The predicted molar refractivity (Wildman–Crippen MR) is 59.5 cm³/mol. The third-order valence-electron chi connectivity index (χ3n) is 2.39. The first-order chi connectivity index (χ1) is 9.33. The highest BCUT2D eigenvalue weighted by Gasteiger charge is 2.40. The van der Waals surface area contributed by atoms with E-state index in [1.54, 1.807) is 0 Å². The average Bonchev–Trinajstić information content (AvgIpc) is 2.38. The Balaban J connectivity index is 2.41. The summed E-state index contributed by atoms with van der Waals surface area (Å²) in [4.78, 5) is 3.50. The average molecular weight is 290 g/mol. The van der Waals surface area contributed by atoms with Crippen LogP contribution in [0.5, 0.6) is 5.75 Å². The SMILES string of the molecule is Nc1ncccc1OC(F)(F)c1ccc(F)c(F)c1F. The molecule has 1 aromatic heterocycles. The summed E-state index contributed by atoms with van der Waals surface area (Å²) in [5.41, 5.74) is 3.86. The molecular weight excluding hydrogens is 283 g/mol. The van der Waals surface area contributed by atoms with Crippen LogP contribution in [0.2, 0.25) is 0 Å². The Bertz CT molecular complexity index is 648. The molecule has 0 aliphatic heterocycles. The van der Waals surface area contributed by atoms with Gasteiger partial charge in [-0.25, -0.2) is 18.2 Å². The first-order valence-corrected chi connectivity index (χ1v) is 5.24. The Morgan fingerprint density at radius 3 is 2.40 bits per heavy atom. The minimum absolute atomic E-state index is 0.352. The van der Waals surface area contributed by atoms with E-state index in [2.05, 4.69) is 9.72 Å². The number of nitrogen functional groups attached to an aromatic ring is 1. The van der Waals surface area contributed by atoms with Crippen LogP contribution >= 0.6 is 0 Å². The van der Waals surface area contributed by atoms with Gasteiger partial charge < -0.3 is 10.5 Å². The molecule has 0 unspecified atom stereocenters. The maximum atomic E-state index is 13.8. The molecule has 1 aromatic carbocycles. The van der Waals surface area contributed by atoms with Crippen molar-refractivity contribution < 1.29 is 26.7 Å². The minimum Gasteiger partial charge on any atom is -0.425 e. The lowest BCUT2D eigenvalue weighted by molar-refractivity contribution is -0.187. The number of nitrogens with two attached hydrogens (primary N) is 1. The van der Waals surface area contributed by atoms with Crippen molar-refractivity contribution in [1.29, 1.82) is 0 Å². The predicted octanol–water partition coefficient (Wildman–Crippen LogP) is 3.21. The molecule has 0 amide bonds. The van der Waals surface area contributed by atoms with Gasteiger partial charge in [-0.3, -0.25) is 0 Å². The van der Waals surface area contributed by atoms with Gasteiger partial charge in [0.05, 0.1) is 0 Å². The quantitative estimate of drug-likeness (QED) is 0.697. The second-order valence-electron chi connectivity index (χ2n) is 3.73. The summed E-state index contributed by atoms with van der Waals surface area (Å²) in [6.45, 7) is 0. The van der Waals surface area contributed by atoms with Crippen molar-refractivity contribution in [3.63, 3.8) is 0 Å². The van der Waals surface area contributed by atoms with Crippen LogP contribution in [0.4, 0.5) is 27.8 Å². The molecular formula is C12H7F5N2O. The highest BCUT2D eigenvalue weighted by Crippen LogP contribution is 2.35. The van der Waals surface area contributed by atoms with Crippen molar-refractivity contribution in [3.05, 3.63) is 53.5 Å². The Morgan fingerprint density at radius 1 is 1.05 bits per heavy atom. The standard InChI is InChI=1S/C12H7F5N2O/c13-7-4-3-6(9(14)10(7)15)12(16,17)20-8-2-1-5-19-11(8)18/h1-5H,(H2,18,19). The molecule has 8 heteroatoms. The molecule has 0 aliphatic carbocycles. The van der Waals surface area contributed by atoms with E-state index in [-0.39, 0.29) is 5.82 Å². The summed E-state index contributed by atoms with van der Waals surface area (Å²) in [7, 11) is 0. The number of benzene rings is 1. The molecule has 3 nitrogen and oxygen atoms in total. The maximum Gasteiger partial charge on any atom is 0.429 e. The van der Waals surface area contributed by atoms with Gasteiger partial charge in [0.15, 0.2) is 29.0 Å². The van der Waals surface area contributed by atoms with E-state index in [1.807, 2.05) is 0 Å². The smallest absolute Gasteiger partial charge is 0.425 e. The number of halogens is 5. The van der Waals surface area contributed by atoms with Crippen LogP contribution < -0.4 is 10.5 Å². The van der Waals surface area contributed by atoms with E-state index < -0.39 is 34.9 Å². The van der Waals surface area contributed by atoms with Gasteiger partial charge in [0, 0.05) is 6.20 Å². The Labute approximate surface area is 109 Å². The summed E-state index contributed by atoms with van der Waals surface area (Å²) < 4.78 is 70.8. The number of pyridine rings is 1. The first kappa shape index (κ1) is 14.0. The zero-order valence-corrected chi connectivity index (χ0v) is 9.71. The minimum atomic E-state index is -4.24. The lowest BCUT2D eigenvalue weighted by atomic mass is 10.2. The van der Waals surface area contributed by atoms with Crippen LogP contribution in [-0.4, -0.2) is 4.98 Å². The zero-order chi connectivity index (χ0) is 14.9. The molecule has 0 saturated carbocycles. The number of hydrogen-bond acceptors (Lipinski definition) is 3. The number of ether oxygens (including phenoxy) is 1. The molecule has 0 radical (unpaired) electrons. The highest BCUT2D eigenvalue weighted by atomic mass is 19.3. The van der Waals surface area contributed by atoms with Crippen LogP contribution in [0.3, 0.4) is 0 Å². The molecule has 0 fully saturated rings. The molecule has 0 spiro atoms. The van der Waals surface area contributed by atoms with Crippen LogP contribution in [-0.2, 0) is 6.11 Å². The van der Waals surface area contributed by atoms with Gasteiger partial charge in [0.1, 0.15) is 5.56 Å². The number of alkyl halides is 2. The normalized spacial score (nSPS) is 11.4. The Kier molecular flexibility index (Phi) is 3.47. The summed E-state index contributed by atoms with van der Waals surface area (Å²) in [5.74, 6) is -6.48. The second kappa shape index (κ2) is 4.95. The van der Waals surface area contributed by atoms with Gasteiger partial charge in [0.25, 0.3) is 0 Å². The molecule has 2 aromatic rings. The summed E-state index contributed by atoms with van der Waals surface area (Å²) in [5, 5.41) is 0. The molecule has 20 heavy (non-hydrogen) atoms. The van der Waals surface area contributed by atoms with Crippen LogP contribution in [0.1, 0.15) is 5.56 Å². The number of nitrogens with zero attached hydrogens (tertiary/aromatic N) is 1. The fourth-order valence-corrected chi connectivity index (χ4v) is 1.43. The summed E-state index contributed by atoms with van der Waals surface area (Å²) in [6, 6.07) is 3.11. The van der Waals surface area contributed by atoms with Gasteiger partial charge in [-0.1, -0.05) is 0 Å². The van der Waals surface area contributed by atoms with Crippen molar-refractivity contribution in [1.82, 2.24) is 4.98 Å². The number of rotatable bonds is 3. The van der Waals surface area contributed by atoms with E-state index >= 15 is 0 Å². The molecule has 0 bridgehead atoms. The van der Waals surface area contributed by atoms with E-state index in [0.717, 1.165) is 6.07 Å². The van der Waals surface area contributed by atoms with E-state index in [4.69, 9.17) is 5.73 Å². The van der Waals surface area contributed by atoms with E-state index in [9.17, 15) is 22.0 Å². The second-order valence-corrected chi connectivity index (χ2v) is 3.73. The van der Waals surface area contributed by atoms with Crippen LogP contribution in [0, 0.1) is 17.5 Å². The number of aromatic nitrogens is 1. The molecule has 0 atom stereocenters. The van der Waals surface area contributed by atoms with Crippen molar-refractivity contribution in [2.24, 2.45) is 0 Å². The van der Waals surface area contributed by atoms with Crippen molar-refractivity contribution in [3.8, 4) is 5.75 Å². The van der Waals surface area contributed by atoms with Crippen LogP contribution in [0.25, 0.3) is 0 Å². The summed E-state index contributed by atoms with van der Waals surface area (Å²) >= 11 is 0.